The molecule has 21 heavy (non-hydrogen) atoms. The number of allylic oxidation sites excluding steroid dienone is 2. The second-order valence-corrected chi connectivity index (χ2v) is 5.24. The number of imidazole rings is 1. The highest BCUT2D eigenvalue weighted by Gasteiger charge is 2.15. The Kier molecular flexibility index (Phi) is 3.81. The Morgan fingerprint density at radius 2 is 2.38 bits per heavy atom. The summed E-state index contributed by atoms with van der Waals surface area (Å²) in [6.45, 7) is 1.83. The summed E-state index contributed by atoms with van der Waals surface area (Å²) >= 11 is 0. The molecule has 2 aromatic heterocycles. The van der Waals surface area contributed by atoms with Crippen molar-refractivity contribution in [2.24, 2.45) is 11.0 Å². The van der Waals surface area contributed by atoms with Gasteiger partial charge < -0.3 is 0 Å². The number of carbonyl (C=O) groups is 1. The monoisotopic (exact) mass is 282 g/mol. The average molecular weight is 282 g/mol. The predicted octanol–water partition coefficient (Wildman–Crippen LogP) is 2.71. The third kappa shape index (κ3) is 2.86. The van der Waals surface area contributed by atoms with Gasteiger partial charge in [-0.2, -0.15) is 5.10 Å². The van der Waals surface area contributed by atoms with Gasteiger partial charge in [0.1, 0.15) is 11.3 Å². The minimum Gasteiger partial charge on any atom is -0.295 e. The van der Waals surface area contributed by atoms with Crippen LogP contribution in [0.2, 0.25) is 0 Å². The zero-order valence-corrected chi connectivity index (χ0v) is 12.0. The van der Waals surface area contributed by atoms with Gasteiger partial charge in [-0.3, -0.25) is 9.20 Å². The molecule has 1 N–H and O–H groups in total. The molecule has 1 aliphatic carbocycles. The summed E-state index contributed by atoms with van der Waals surface area (Å²) in [6.07, 6.45) is 11.2. The van der Waals surface area contributed by atoms with Crippen LogP contribution in [0, 0.1) is 12.8 Å². The maximum atomic E-state index is 12.3. The Labute approximate surface area is 123 Å². The van der Waals surface area contributed by atoms with Gasteiger partial charge in [-0.1, -0.05) is 18.2 Å². The molecular formula is C16H18N4O. The van der Waals surface area contributed by atoms with E-state index >= 15 is 0 Å². The Morgan fingerprint density at radius 3 is 3.19 bits per heavy atom. The number of amides is 1. The summed E-state index contributed by atoms with van der Waals surface area (Å²) in [4.78, 5) is 16.7. The number of hydrogen-bond acceptors (Lipinski definition) is 3. The molecule has 0 spiro atoms. The molecule has 0 aliphatic heterocycles. The molecule has 0 aromatic carbocycles. The number of hydrogen-bond donors (Lipinski definition) is 1. The van der Waals surface area contributed by atoms with E-state index in [4.69, 9.17) is 0 Å². The number of rotatable bonds is 3. The molecule has 0 radical (unpaired) electrons. The summed E-state index contributed by atoms with van der Waals surface area (Å²) in [7, 11) is 0. The molecule has 2 aromatic rings. The van der Waals surface area contributed by atoms with Crippen molar-refractivity contribution in [1.82, 2.24) is 14.8 Å². The molecular weight excluding hydrogens is 264 g/mol. The quantitative estimate of drug-likeness (QED) is 0.534. The van der Waals surface area contributed by atoms with Crippen LogP contribution in [0.3, 0.4) is 0 Å². The summed E-state index contributed by atoms with van der Waals surface area (Å²) in [5, 5.41) is 4.10. The number of carbonyl (C=O) groups excluding carboxylic acids is 1. The second-order valence-electron chi connectivity index (χ2n) is 5.24. The van der Waals surface area contributed by atoms with Crippen LogP contribution in [0.1, 0.15) is 35.4 Å². The molecule has 0 unspecified atom stereocenters. The fourth-order valence-corrected chi connectivity index (χ4v) is 2.59. The number of hydrazone groups is 1. The van der Waals surface area contributed by atoms with Crippen LogP contribution in [0.4, 0.5) is 0 Å². The molecule has 1 amide bonds. The van der Waals surface area contributed by atoms with Gasteiger partial charge >= 0.3 is 0 Å². The number of pyridine rings is 1. The van der Waals surface area contributed by atoms with Crippen molar-refractivity contribution in [2.45, 2.75) is 26.2 Å². The van der Waals surface area contributed by atoms with Gasteiger partial charge in [0.2, 0.25) is 0 Å². The zero-order valence-electron chi connectivity index (χ0n) is 12.0. The van der Waals surface area contributed by atoms with Gasteiger partial charge in [0.25, 0.3) is 5.91 Å². The van der Waals surface area contributed by atoms with Crippen LogP contribution in [0.15, 0.2) is 41.6 Å². The van der Waals surface area contributed by atoms with Crippen molar-refractivity contribution in [3.8, 4) is 0 Å². The van der Waals surface area contributed by atoms with Crippen molar-refractivity contribution in [2.75, 3.05) is 0 Å². The van der Waals surface area contributed by atoms with Crippen molar-refractivity contribution in [1.29, 1.82) is 0 Å². The second kappa shape index (κ2) is 5.91. The third-order valence-electron chi connectivity index (χ3n) is 3.68. The number of aryl methyl sites for hydroxylation is 1. The standard InChI is InChI=1S/C16H18N4O/c1-12-15(20-10-6-5-9-14(20)18-12)16(21)19-17-11-13-7-3-2-4-8-13/h2-3,5-6,9-11,13H,4,7-8H2,1H3,(H,19,21)/b17-11-/t13-/m0/s1. The lowest BCUT2D eigenvalue weighted by atomic mass is 9.96. The topological polar surface area (TPSA) is 58.8 Å². The molecule has 1 atom stereocenters. The van der Waals surface area contributed by atoms with E-state index in [2.05, 4.69) is 27.7 Å². The average Bonchev–Trinajstić information content (AvgIpc) is 2.84. The Morgan fingerprint density at radius 1 is 1.48 bits per heavy atom. The van der Waals surface area contributed by atoms with Crippen LogP contribution in [-0.4, -0.2) is 21.5 Å². The van der Waals surface area contributed by atoms with Crippen molar-refractivity contribution >= 4 is 17.8 Å². The molecule has 108 valence electrons. The Bertz CT molecular complexity index is 714. The van der Waals surface area contributed by atoms with E-state index in [1.54, 1.807) is 4.40 Å². The van der Waals surface area contributed by atoms with E-state index < -0.39 is 0 Å². The van der Waals surface area contributed by atoms with Crippen molar-refractivity contribution in [3.63, 3.8) is 0 Å². The fraction of sp³-hybridized carbons (Fsp3) is 0.312. The highest BCUT2D eigenvalue weighted by molar-refractivity contribution is 5.94. The van der Waals surface area contributed by atoms with E-state index in [0.29, 0.717) is 17.3 Å². The lowest BCUT2D eigenvalue weighted by molar-refractivity contribution is 0.0948. The lowest BCUT2D eigenvalue weighted by Gasteiger charge is -2.11. The molecule has 3 rings (SSSR count). The molecule has 0 bridgehead atoms. The minimum absolute atomic E-state index is 0.228. The van der Waals surface area contributed by atoms with Crippen molar-refractivity contribution < 1.29 is 4.79 Å². The first-order valence-electron chi connectivity index (χ1n) is 7.18. The van der Waals surface area contributed by atoms with Crippen LogP contribution >= 0.6 is 0 Å². The van der Waals surface area contributed by atoms with E-state index in [9.17, 15) is 4.79 Å². The summed E-state index contributed by atoms with van der Waals surface area (Å²) < 4.78 is 1.78. The molecule has 1 aliphatic rings. The minimum atomic E-state index is -0.228. The van der Waals surface area contributed by atoms with E-state index in [1.165, 1.54) is 0 Å². The molecule has 0 fully saturated rings. The van der Waals surface area contributed by atoms with E-state index in [1.807, 2.05) is 37.5 Å². The van der Waals surface area contributed by atoms with Crippen LogP contribution in [0.25, 0.3) is 5.65 Å². The SMILES string of the molecule is Cc1nc2ccccn2c1C(=O)N/N=C\[C@H]1CC=CCC1. The van der Waals surface area contributed by atoms with Gasteiger partial charge in [0.05, 0.1) is 5.69 Å². The van der Waals surface area contributed by atoms with Gasteiger partial charge in [-0.15, -0.1) is 0 Å². The van der Waals surface area contributed by atoms with Crippen molar-refractivity contribution in [3.05, 3.63) is 47.9 Å². The molecule has 2 heterocycles. The fourth-order valence-electron chi connectivity index (χ4n) is 2.59. The maximum absolute atomic E-state index is 12.3. The van der Waals surface area contributed by atoms with Gasteiger partial charge in [0, 0.05) is 12.4 Å². The third-order valence-corrected chi connectivity index (χ3v) is 3.68. The summed E-state index contributed by atoms with van der Waals surface area (Å²) in [5.74, 6) is 0.187. The first-order valence-corrected chi connectivity index (χ1v) is 7.18. The molecule has 0 saturated heterocycles. The normalized spacial score (nSPS) is 18.4. The maximum Gasteiger partial charge on any atom is 0.290 e. The van der Waals surface area contributed by atoms with E-state index in [-0.39, 0.29) is 5.91 Å². The highest BCUT2D eigenvalue weighted by atomic mass is 16.2. The van der Waals surface area contributed by atoms with E-state index in [0.717, 1.165) is 24.9 Å². The number of nitrogens with zero attached hydrogens (tertiary/aromatic N) is 3. The summed E-state index contributed by atoms with van der Waals surface area (Å²) in [5.41, 5.74) is 4.61. The zero-order chi connectivity index (χ0) is 14.7. The lowest BCUT2D eigenvalue weighted by Crippen LogP contribution is -2.21. The Hall–Kier alpha value is -2.43. The number of nitrogens with one attached hydrogen (secondary N) is 1. The van der Waals surface area contributed by atoms with Crippen LogP contribution in [-0.2, 0) is 0 Å². The van der Waals surface area contributed by atoms with Crippen LogP contribution in [0.5, 0.6) is 0 Å². The van der Waals surface area contributed by atoms with Gasteiger partial charge in [-0.25, -0.2) is 10.4 Å². The summed E-state index contributed by atoms with van der Waals surface area (Å²) in [6, 6.07) is 5.65. The Balaban J connectivity index is 1.73. The first kappa shape index (κ1) is 13.5. The smallest absolute Gasteiger partial charge is 0.290 e. The highest BCUT2D eigenvalue weighted by Crippen LogP contribution is 2.16. The molecule has 5 nitrogen and oxygen atoms in total. The van der Waals surface area contributed by atoms with Crippen LogP contribution < -0.4 is 5.43 Å². The largest absolute Gasteiger partial charge is 0.295 e. The predicted molar refractivity (Wildman–Crippen MR) is 82.4 cm³/mol. The molecule has 0 saturated carbocycles. The van der Waals surface area contributed by atoms with Gasteiger partial charge in [-0.05, 0) is 44.2 Å². The van der Waals surface area contributed by atoms with Gasteiger partial charge in [0.15, 0.2) is 0 Å². The number of fused-ring (bicyclic) bond motifs is 1. The number of aromatic nitrogens is 2. The first-order chi connectivity index (χ1) is 10.3. The molecule has 5 heteroatoms.